The number of carbonyl (C=O) groups excluding carboxylic acids is 2. The predicted molar refractivity (Wildman–Crippen MR) is 96.7 cm³/mol. The molecule has 0 fully saturated rings. The predicted octanol–water partition coefficient (Wildman–Crippen LogP) is 3.45. The molecule has 1 aromatic carbocycles. The van der Waals surface area contributed by atoms with Gasteiger partial charge in [-0.15, -0.1) is 0 Å². The lowest BCUT2D eigenvalue weighted by molar-refractivity contribution is -0.130. The molecule has 3 aromatic rings. The Morgan fingerprint density at radius 3 is 2.52 bits per heavy atom. The average molecular weight is 360 g/mol. The molecule has 6 nitrogen and oxygen atoms in total. The van der Waals surface area contributed by atoms with E-state index in [0.29, 0.717) is 5.69 Å². The topological polar surface area (TPSA) is 83.6 Å². The Morgan fingerprint density at radius 1 is 1.07 bits per heavy atom. The number of rotatable bonds is 5. The smallest absolute Gasteiger partial charge is 0.290 e. The Morgan fingerprint density at radius 2 is 1.85 bits per heavy atom. The van der Waals surface area contributed by atoms with Crippen molar-refractivity contribution >= 4 is 11.7 Å². The van der Waals surface area contributed by atoms with Crippen molar-refractivity contribution in [2.24, 2.45) is 0 Å². The van der Waals surface area contributed by atoms with Crippen molar-refractivity contribution < 1.29 is 19.1 Å². The van der Waals surface area contributed by atoms with Gasteiger partial charge in [0.2, 0.25) is 5.78 Å². The van der Waals surface area contributed by atoms with Crippen LogP contribution in [0, 0.1) is 0 Å². The molecule has 1 aliphatic rings. The number of amides is 1. The van der Waals surface area contributed by atoms with Crippen molar-refractivity contribution in [1.29, 1.82) is 0 Å². The molecule has 1 aliphatic heterocycles. The number of nitrogens with zero attached hydrogens (tertiary/aromatic N) is 2. The fraction of sp³-hybridized carbons (Fsp3) is 0.0952. The molecule has 0 bridgehead atoms. The number of Topliss-reactive ketones (excluding diaryl/α,β-unsaturated/α-hetero) is 1. The number of pyridine rings is 1. The molecule has 2 aromatic heterocycles. The Bertz CT molecular complexity index is 995. The summed E-state index contributed by atoms with van der Waals surface area (Å²) in [5.41, 5.74) is 1.39. The highest BCUT2D eigenvalue weighted by molar-refractivity contribution is 6.14. The minimum atomic E-state index is -0.724. The highest BCUT2D eigenvalue weighted by Gasteiger charge is 2.44. The van der Waals surface area contributed by atoms with Crippen LogP contribution in [0.3, 0.4) is 0 Å². The van der Waals surface area contributed by atoms with E-state index < -0.39 is 23.5 Å². The SMILES string of the molecule is O=C(C1=C(O)C(=O)N(Cc2ccccn2)C1c1ccccc1)c1ccco1. The summed E-state index contributed by atoms with van der Waals surface area (Å²) in [5, 5.41) is 10.5. The third kappa shape index (κ3) is 3.01. The summed E-state index contributed by atoms with van der Waals surface area (Å²) in [6.45, 7) is 0.165. The molecule has 27 heavy (non-hydrogen) atoms. The first-order valence-electron chi connectivity index (χ1n) is 8.44. The number of aliphatic hydroxyl groups is 1. The van der Waals surface area contributed by atoms with Crippen molar-refractivity contribution in [3.63, 3.8) is 0 Å². The maximum Gasteiger partial charge on any atom is 0.290 e. The third-order valence-electron chi connectivity index (χ3n) is 4.47. The molecule has 0 aliphatic carbocycles. The summed E-state index contributed by atoms with van der Waals surface area (Å²) in [4.78, 5) is 31.4. The van der Waals surface area contributed by atoms with Gasteiger partial charge in [-0.1, -0.05) is 36.4 Å². The molecule has 0 radical (unpaired) electrons. The van der Waals surface area contributed by atoms with Crippen molar-refractivity contribution in [3.8, 4) is 0 Å². The second-order valence-corrected chi connectivity index (χ2v) is 6.14. The molecule has 6 heteroatoms. The van der Waals surface area contributed by atoms with Crippen LogP contribution in [0.5, 0.6) is 0 Å². The number of aromatic nitrogens is 1. The minimum absolute atomic E-state index is 0.0112. The van der Waals surface area contributed by atoms with E-state index in [1.165, 1.54) is 17.2 Å². The van der Waals surface area contributed by atoms with Gasteiger partial charge in [0.1, 0.15) is 0 Å². The number of ketones is 1. The molecule has 0 saturated carbocycles. The van der Waals surface area contributed by atoms with Crippen LogP contribution in [0.25, 0.3) is 0 Å². The molecule has 1 unspecified atom stereocenters. The third-order valence-corrected chi connectivity index (χ3v) is 4.47. The second-order valence-electron chi connectivity index (χ2n) is 6.14. The maximum absolute atomic E-state index is 12.9. The molecule has 4 rings (SSSR count). The zero-order valence-corrected chi connectivity index (χ0v) is 14.3. The van der Waals surface area contributed by atoms with Crippen LogP contribution in [-0.4, -0.2) is 26.7 Å². The van der Waals surface area contributed by atoms with E-state index in [1.54, 1.807) is 24.4 Å². The van der Waals surface area contributed by atoms with E-state index in [1.807, 2.05) is 36.4 Å². The first-order valence-corrected chi connectivity index (χ1v) is 8.44. The van der Waals surface area contributed by atoms with Gasteiger partial charge < -0.3 is 14.4 Å². The molecule has 1 N–H and O–H groups in total. The lowest BCUT2D eigenvalue weighted by Gasteiger charge is -2.26. The van der Waals surface area contributed by atoms with Gasteiger partial charge in [0, 0.05) is 6.20 Å². The van der Waals surface area contributed by atoms with Crippen LogP contribution >= 0.6 is 0 Å². The van der Waals surface area contributed by atoms with Gasteiger partial charge >= 0.3 is 0 Å². The second kappa shape index (κ2) is 6.92. The van der Waals surface area contributed by atoms with Crippen LogP contribution in [0.15, 0.2) is 88.9 Å². The summed E-state index contributed by atoms with van der Waals surface area (Å²) in [5.74, 6) is -1.60. The van der Waals surface area contributed by atoms with Crippen molar-refractivity contribution in [3.05, 3.63) is 101 Å². The minimum Gasteiger partial charge on any atom is -0.503 e. The van der Waals surface area contributed by atoms with Crippen LogP contribution < -0.4 is 0 Å². The zero-order valence-electron chi connectivity index (χ0n) is 14.3. The Balaban J connectivity index is 1.79. The molecule has 0 saturated heterocycles. The number of carbonyl (C=O) groups is 2. The molecular formula is C21H16N2O4. The first-order chi connectivity index (χ1) is 13.2. The summed E-state index contributed by atoms with van der Waals surface area (Å²) in [7, 11) is 0. The van der Waals surface area contributed by atoms with Gasteiger partial charge in [-0.2, -0.15) is 0 Å². The molecule has 1 amide bonds. The standard InChI is InChI=1S/C21H16N2O4/c24-19(16-10-6-12-27-16)17-18(14-7-2-1-3-8-14)23(21(26)20(17)25)13-15-9-4-5-11-22-15/h1-12,18,25H,13H2. The summed E-state index contributed by atoms with van der Waals surface area (Å²) < 4.78 is 5.19. The fourth-order valence-corrected chi connectivity index (χ4v) is 3.24. The highest BCUT2D eigenvalue weighted by Crippen LogP contribution is 2.39. The largest absolute Gasteiger partial charge is 0.503 e. The quantitative estimate of drug-likeness (QED) is 0.705. The number of aliphatic hydroxyl groups excluding tert-OH is 1. The lowest BCUT2D eigenvalue weighted by atomic mass is 9.95. The van der Waals surface area contributed by atoms with Crippen LogP contribution in [0.2, 0.25) is 0 Å². The van der Waals surface area contributed by atoms with E-state index in [0.717, 1.165) is 5.56 Å². The van der Waals surface area contributed by atoms with Gasteiger partial charge in [-0.25, -0.2) is 0 Å². The van der Waals surface area contributed by atoms with E-state index >= 15 is 0 Å². The summed E-state index contributed by atoms with van der Waals surface area (Å²) in [6, 6.07) is 16.9. The molecular weight excluding hydrogens is 344 g/mol. The van der Waals surface area contributed by atoms with Crippen molar-refractivity contribution in [1.82, 2.24) is 9.88 Å². The summed E-state index contributed by atoms with van der Waals surface area (Å²) >= 11 is 0. The summed E-state index contributed by atoms with van der Waals surface area (Å²) in [6.07, 6.45) is 3.01. The Kier molecular flexibility index (Phi) is 4.30. The van der Waals surface area contributed by atoms with Gasteiger partial charge in [-0.05, 0) is 29.8 Å². The normalized spacial score (nSPS) is 16.8. The van der Waals surface area contributed by atoms with E-state index in [9.17, 15) is 14.7 Å². The van der Waals surface area contributed by atoms with Crippen molar-refractivity contribution in [2.75, 3.05) is 0 Å². The van der Waals surface area contributed by atoms with Crippen molar-refractivity contribution in [2.45, 2.75) is 12.6 Å². The van der Waals surface area contributed by atoms with E-state index in [2.05, 4.69) is 4.98 Å². The average Bonchev–Trinajstić information content (AvgIpc) is 3.32. The monoisotopic (exact) mass is 360 g/mol. The van der Waals surface area contributed by atoms with E-state index in [-0.39, 0.29) is 17.9 Å². The number of hydrogen-bond acceptors (Lipinski definition) is 5. The van der Waals surface area contributed by atoms with Gasteiger partial charge in [-0.3, -0.25) is 14.6 Å². The van der Waals surface area contributed by atoms with Gasteiger partial charge in [0.25, 0.3) is 5.91 Å². The number of hydrogen-bond donors (Lipinski definition) is 1. The van der Waals surface area contributed by atoms with Crippen LogP contribution in [0.1, 0.15) is 27.9 Å². The first kappa shape index (κ1) is 16.8. The lowest BCUT2D eigenvalue weighted by Crippen LogP contribution is -2.31. The van der Waals surface area contributed by atoms with Gasteiger partial charge in [0.05, 0.1) is 30.1 Å². The van der Waals surface area contributed by atoms with E-state index in [4.69, 9.17) is 4.42 Å². The molecule has 134 valence electrons. The molecule has 1 atom stereocenters. The van der Waals surface area contributed by atoms with Crippen LogP contribution in [0.4, 0.5) is 0 Å². The van der Waals surface area contributed by atoms with Gasteiger partial charge in [0.15, 0.2) is 11.5 Å². The number of furan rings is 1. The van der Waals surface area contributed by atoms with Crippen LogP contribution in [-0.2, 0) is 11.3 Å². The Hall–Kier alpha value is -3.67. The molecule has 3 heterocycles. The number of benzene rings is 1. The molecule has 0 spiro atoms. The Labute approximate surface area is 155 Å². The highest BCUT2D eigenvalue weighted by atomic mass is 16.3. The fourth-order valence-electron chi connectivity index (χ4n) is 3.24. The zero-order chi connectivity index (χ0) is 18.8. The maximum atomic E-state index is 12.9.